The summed E-state index contributed by atoms with van der Waals surface area (Å²) in [5.74, 6) is -0.522. The van der Waals surface area contributed by atoms with Gasteiger partial charge in [-0.15, -0.1) is 0 Å². The molecule has 10 heteroatoms. The number of amides is 1. The fourth-order valence-electron chi connectivity index (χ4n) is 3.45. The van der Waals surface area contributed by atoms with Gasteiger partial charge < -0.3 is 10.3 Å². The van der Waals surface area contributed by atoms with Gasteiger partial charge in [0.05, 0.1) is 22.8 Å². The fraction of sp³-hybridized carbons (Fsp3) is 0.125. The smallest absolute Gasteiger partial charge is 0.295 e. The van der Waals surface area contributed by atoms with Gasteiger partial charge in [-0.3, -0.25) is 19.1 Å². The van der Waals surface area contributed by atoms with Gasteiger partial charge in [0.2, 0.25) is 5.91 Å². The molecule has 0 aliphatic carbocycles. The number of thioether (sulfide) groups is 1. The largest absolute Gasteiger partial charge is 0.319 e. The van der Waals surface area contributed by atoms with Crippen molar-refractivity contribution in [3.8, 4) is 23.0 Å². The van der Waals surface area contributed by atoms with Crippen molar-refractivity contribution in [3.05, 3.63) is 92.6 Å². The molecule has 0 unspecified atom stereocenters. The van der Waals surface area contributed by atoms with Crippen LogP contribution < -0.4 is 16.4 Å². The molecule has 1 amide bonds. The maximum atomic E-state index is 13.0. The van der Waals surface area contributed by atoms with E-state index in [9.17, 15) is 19.6 Å². The molecular weight excluding hydrogens is 452 g/mol. The summed E-state index contributed by atoms with van der Waals surface area (Å²) in [5, 5.41) is 12.3. The van der Waals surface area contributed by atoms with Gasteiger partial charge in [-0.2, -0.15) is 5.26 Å². The van der Waals surface area contributed by atoms with Crippen molar-refractivity contribution in [1.29, 1.82) is 5.26 Å². The van der Waals surface area contributed by atoms with E-state index < -0.39 is 11.5 Å². The van der Waals surface area contributed by atoms with Crippen molar-refractivity contribution in [2.24, 2.45) is 7.05 Å². The van der Waals surface area contributed by atoms with E-state index >= 15 is 0 Å². The summed E-state index contributed by atoms with van der Waals surface area (Å²) in [5.41, 5.74) is 1.32. The van der Waals surface area contributed by atoms with Crippen LogP contribution in [0.15, 0.2) is 75.4 Å². The molecule has 0 bridgehead atoms. The van der Waals surface area contributed by atoms with Gasteiger partial charge in [0.1, 0.15) is 17.3 Å². The van der Waals surface area contributed by atoms with E-state index in [4.69, 9.17) is 0 Å². The minimum atomic E-state index is -0.580. The van der Waals surface area contributed by atoms with Crippen LogP contribution in [0.2, 0.25) is 0 Å². The number of hydrogen-bond acceptors (Lipinski definition) is 6. The van der Waals surface area contributed by atoms with Crippen LogP contribution in [0.5, 0.6) is 0 Å². The molecule has 9 nitrogen and oxygen atoms in total. The van der Waals surface area contributed by atoms with Gasteiger partial charge in [-0.05, 0) is 19.1 Å². The number of aromatic nitrogens is 4. The van der Waals surface area contributed by atoms with Crippen LogP contribution in [0.1, 0.15) is 11.3 Å². The van der Waals surface area contributed by atoms with Crippen LogP contribution >= 0.6 is 11.8 Å². The Labute approximate surface area is 198 Å². The van der Waals surface area contributed by atoms with Crippen LogP contribution in [0.3, 0.4) is 0 Å². The second-order valence-corrected chi connectivity index (χ2v) is 8.31. The number of para-hydroxylation sites is 1. The van der Waals surface area contributed by atoms with E-state index in [1.165, 1.54) is 4.68 Å². The highest BCUT2D eigenvalue weighted by Crippen LogP contribution is 2.22. The summed E-state index contributed by atoms with van der Waals surface area (Å²) in [4.78, 5) is 44.9. The highest BCUT2D eigenvalue weighted by Gasteiger charge is 2.19. The third-order valence-corrected chi connectivity index (χ3v) is 6.09. The normalized spacial score (nSPS) is 10.6. The van der Waals surface area contributed by atoms with E-state index in [2.05, 4.69) is 15.3 Å². The van der Waals surface area contributed by atoms with E-state index in [0.717, 1.165) is 11.8 Å². The van der Waals surface area contributed by atoms with Crippen LogP contribution in [0.25, 0.3) is 16.9 Å². The molecule has 4 rings (SSSR count). The average molecular weight is 473 g/mol. The molecule has 0 atom stereocenters. The molecule has 0 fully saturated rings. The number of nitrogens with one attached hydrogen (secondary N) is 2. The standard InChI is InChI=1S/C24H20N6O3S/c1-15-20(23(33)30(29(15)2)17-11-7-4-8-12-17)26-19(31)14-34-24-27-21(16-9-5-3-6-10-16)18(13-25)22(32)28-24/h3-12H,14H2,1-2H3,(H,26,31)(H,27,28,32). The van der Waals surface area contributed by atoms with Crippen molar-refractivity contribution < 1.29 is 4.79 Å². The summed E-state index contributed by atoms with van der Waals surface area (Å²) in [6.45, 7) is 1.75. The zero-order chi connectivity index (χ0) is 24.2. The molecule has 0 radical (unpaired) electrons. The first-order valence-electron chi connectivity index (χ1n) is 10.3. The summed E-state index contributed by atoms with van der Waals surface area (Å²) < 4.78 is 3.15. The Hall–Kier alpha value is -4.36. The Morgan fingerprint density at radius 2 is 1.76 bits per heavy atom. The van der Waals surface area contributed by atoms with Crippen LogP contribution in [-0.2, 0) is 11.8 Å². The average Bonchev–Trinajstić information content (AvgIpc) is 3.06. The maximum absolute atomic E-state index is 13.0. The van der Waals surface area contributed by atoms with Gasteiger partial charge in [-0.25, -0.2) is 9.67 Å². The summed E-state index contributed by atoms with van der Waals surface area (Å²) in [6, 6.07) is 19.9. The van der Waals surface area contributed by atoms with Gasteiger partial charge in [0.15, 0.2) is 5.16 Å². The second-order valence-electron chi connectivity index (χ2n) is 7.35. The van der Waals surface area contributed by atoms with E-state index in [1.807, 2.05) is 30.3 Å². The Bertz CT molecular complexity index is 1510. The second kappa shape index (κ2) is 9.64. The molecule has 0 aliphatic rings. The molecule has 0 spiro atoms. The zero-order valence-corrected chi connectivity index (χ0v) is 19.2. The molecule has 0 aliphatic heterocycles. The van der Waals surface area contributed by atoms with Crippen molar-refractivity contribution in [1.82, 2.24) is 19.3 Å². The Morgan fingerprint density at radius 1 is 1.12 bits per heavy atom. The van der Waals surface area contributed by atoms with Crippen molar-refractivity contribution in [2.45, 2.75) is 12.1 Å². The molecule has 2 aromatic heterocycles. The maximum Gasteiger partial charge on any atom is 0.295 e. The molecule has 2 N–H and O–H groups in total. The van der Waals surface area contributed by atoms with E-state index in [1.54, 1.807) is 55.1 Å². The quantitative estimate of drug-likeness (QED) is 0.328. The number of anilines is 1. The summed E-state index contributed by atoms with van der Waals surface area (Å²) >= 11 is 1.01. The number of H-pyrrole nitrogens is 1. The lowest BCUT2D eigenvalue weighted by molar-refractivity contribution is -0.113. The Morgan fingerprint density at radius 3 is 2.41 bits per heavy atom. The van der Waals surface area contributed by atoms with Crippen LogP contribution in [-0.4, -0.2) is 31.0 Å². The predicted molar refractivity (Wildman–Crippen MR) is 130 cm³/mol. The number of carbonyl (C=O) groups excluding carboxylic acids is 1. The first kappa shape index (κ1) is 22.8. The zero-order valence-electron chi connectivity index (χ0n) is 18.4. The fourth-order valence-corrected chi connectivity index (χ4v) is 4.11. The highest BCUT2D eigenvalue weighted by atomic mass is 32.2. The van der Waals surface area contributed by atoms with Gasteiger partial charge in [0, 0.05) is 12.6 Å². The topological polar surface area (TPSA) is 126 Å². The lowest BCUT2D eigenvalue weighted by atomic mass is 10.1. The van der Waals surface area contributed by atoms with Gasteiger partial charge in [-0.1, -0.05) is 60.3 Å². The first-order valence-corrected chi connectivity index (χ1v) is 11.3. The number of carbonyl (C=O) groups is 1. The van der Waals surface area contributed by atoms with Crippen molar-refractivity contribution >= 4 is 23.4 Å². The number of hydrogen-bond donors (Lipinski definition) is 2. The lowest BCUT2D eigenvalue weighted by Crippen LogP contribution is -2.23. The first-order chi connectivity index (χ1) is 16.4. The lowest BCUT2D eigenvalue weighted by Gasteiger charge is -2.07. The molecule has 2 heterocycles. The third-order valence-electron chi connectivity index (χ3n) is 5.22. The third kappa shape index (κ3) is 4.42. The number of nitrogens with zero attached hydrogens (tertiary/aromatic N) is 4. The molecule has 4 aromatic rings. The van der Waals surface area contributed by atoms with E-state index in [0.29, 0.717) is 16.9 Å². The summed E-state index contributed by atoms with van der Waals surface area (Å²) in [6.07, 6.45) is 0. The van der Waals surface area contributed by atoms with Crippen molar-refractivity contribution in [3.63, 3.8) is 0 Å². The number of aromatic amines is 1. The SMILES string of the molecule is Cc1c(NC(=O)CSc2nc(-c3ccccc3)c(C#N)c(=O)[nH]2)c(=O)n(-c2ccccc2)n1C. The Balaban J connectivity index is 1.55. The molecule has 170 valence electrons. The molecule has 34 heavy (non-hydrogen) atoms. The van der Waals surface area contributed by atoms with Crippen LogP contribution in [0, 0.1) is 18.3 Å². The highest BCUT2D eigenvalue weighted by molar-refractivity contribution is 7.99. The van der Waals surface area contributed by atoms with Gasteiger partial charge >= 0.3 is 0 Å². The molecule has 0 saturated heterocycles. The minimum absolute atomic E-state index is 0.0951. The van der Waals surface area contributed by atoms with E-state index in [-0.39, 0.29) is 33.4 Å². The monoisotopic (exact) mass is 472 g/mol. The van der Waals surface area contributed by atoms with Crippen LogP contribution in [0.4, 0.5) is 5.69 Å². The van der Waals surface area contributed by atoms with Gasteiger partial charge in [0.25, 0.3) is 11.1 Å². The molecule has 0 saturated carbocycles. The number of benzene rings is 2. The summed E-state index contributed by atoms with van der Waals surface area (Å²) in [7, 11) is 1.74. The predicted octanol–water partition coefficient (Wildman–Crippen LogP) is 2.84. The minimum Gasteiger partial charge on any atom is -0.319 e. The molecular formula is C24H20N6O3S. The molecule has 2 aromatic carbocycles. The number of nitriles is 1. The Kier molecular flexibility index (Phi) is 6.47. The van der Waals surface area contributed by atoms with Crippen molar-refractivity contribution in [2.75, 3.05) is 11.1 Å². The number of rotatable bonds is 6.